The van der Waals surface area contributed by atoms with E-state index in [2.05, 4.69) is 9.72 Å². The number of pyridine rings is 1. The third-order valence-electron chi connectivity index (χ3n) is 2.63. The fourth-order valence-electron chi connectivity index (χ4n) is 1.86. The van der Waals surface area contributed by atoms with Crippen LogP contribution >= 0.6 is 11.6 Å². The molecule has 2 rings (SSSR count). The molecule has 0 atom stereocenters. The van der Waals surface area contributed by atoms with E-state index in [0.29, 0.717) is 5.56 Å². The van der Waals surface area contributed by atoms with Crippen molar-refractivity contribution in [2.24, 2.45) is 0 Å². The van der Waals surface area contributed by atoms with E-state index < -0.39 is 18.1 Å². The molecule has 0 saturated carbocycles. The first-order chi connectivity index (χ1) is 10.2. The largest absolute Gasteiger partial charge is 0.573 e. The van der Waals surface area contributed by atoms with Crippen molar-refractivity contribution in [3.8, 4) is 17.0 Å². The average molecular weight is 332 g/mol. The molecule has 22 heavy (non-hydrogen) atoms. The molecule has 0 spiro atoms. The number of alkyl halides is 3. The Morgan fingerprint density at radius 1 is 1.27 bits per heavy atom. The number of benzene rings is 1. The van der Waals surface area contributed by atoms with Gasteiger partial charge < -0.3 is 9.84 Å². The van der Waals surface area contributed by atoms with Crippen molar-refractivity contribution < 1.29 is 27.8 Å². The van der Waals surface area contributed by atoms with Crippen LogP contribution in [0.25, 0.3) is 11.3 Å². The fraction of sp³-hybridized carbons (Fsp3) is 0.143. The number of carbonyl (C=O) groups is 1. The van der Waals surface area contributed by atoms with E-state index in [1.165, 1.54) is 24.3 Å². The second kappa shape index (κ2) is 6.23. The predicted molar refractivity (Wildman–Crippen MR) is 72.7 cm³/mol. The summed E-state index contributed by atoms with van der Waals surface area (Å²) in [4.78, 5) is 14.9. The maximum Gasteiger partial charge on any atom is 0.573 e. The molecule has 8 heteroatoms. The summed E-state index contributed by atoms with van der Waals surface area (Å²) < 4.78 is 40.6. The van der Waals surface area contributed by atoms with Crippen molar-refractivity contribution in [1.82, 2.24) is 4.98 Å². The van der Waals surface area contributed by atoms with Crippen LogP contribution in [0.5, 0.6) is 5.75 Å². The summed E-state index contributed by atoms with van der Waals surface area (Å²) in [6.07, 6.45) is -5.14. The molecule has 0 aliphatic rings. The lowest BCUT2D eigenvalue weighted by atomic mass is 10.0. The number of ether oxygens (including phenoxy) is 1. The summed E-state index contributed by atoms with van der Waals surface area (Å²) in [7, 11) is 0. The number of halogens is 4. The number of aliphatic carboxylic acids is 1. The molecule has 0 aliphatic carbocycles. The highest BCUT2D eigenvalue weighted by atomic mass is 35.5. The zero-order valence-electron chi connectivity index (χ0n) is 10.9. The summed E-state index contributed by atoms with van der Waals surface area (Å²) >= 11 is 5.78. The SMILES string of the molecule is O=C(O)Cc1ccc(Cl)nc1-c1cccc(OC(F)(F)F)c1. The minimum Gasteiger partial charge on any atom is -0.481 e. The van der Waals surface area contributed by atoms with Crippen molar-refractivity contribution in [2.75, 3.05) is 0 Å². The van der Waals surface area contributed by atoms with Crippen LogP contribution in [0.15, 0.2) is 36.4 Å². The molecule has 1 N–H and O–H groups in total. The van der Waals surface area contributed by atoms with E-state index in [0.717, 1.165) is 12.1 Å². The highest BCUT2D eigenvalue weighted by molar-refractivity contribution is 6.29. The van der Waals surface area contributed by atoms with Crippen molar-refractivity contribution >= 4 is 17.6 Å². The van der Waals surface area contributed by atoms with Crippen LogP contribution < -0.4 is 4.74 Å². The quantitative estimate of drug-likeness (QED) is 0.862. The molecule has 0 bridgehead atoms. The monoisotopic (exact) mass is 331 g/mol. The van der Waals surface area contributed by atoms with Gasteiger partial charge in [-0.25, -0.2) is 4.98 Å². The maximum absolute atomic E-state index is 12.3. The van der Waals surface area contributed by atoms with Crippen molar-refractivity contribution in [3.63, 3.8) is 0 Å². The molecule has 0 fully saturated rings. The van der Waals surface area contributed by atoms with Gasteiger partial charge >= 0.3 is 12.3 Å². The first-order valence-corrected chi connectivity index (χ1v) is 6.36. The predicted octanol–water partition coefficient (Wildman–Crippen LogP) is 3.93. The molecular weight excluding hydrogens is 323 g/mol. The summed E-state index contributed by atoms with van der Waals surface area (Å²) in [5.74, 6) is -1.51. The summed E-state index contributed by atoms with van der Waals surface area (Å²) in [6, 6.07) is 7.99. The van der Waals surface area contributed by atoms with E-state index in [1.807, 2.05) is 0 Å². The first kappa shape index (κ1) is 16.1. The molecular formula is C14H9ClF3NO3. The molecule has 2 aromatic rings. The highest BCUT2D eigenvalue weighted by Crippen LogP contribution is 2.29. The Hall–Kier alpha value is -2.28. The third kappa shape index (κ3) is 4.36. The summed E-state index contributed by atoms with van der Waals surface area (Å²) in [5.41, 5.74) is 0.809. The summed E-state index contributed by atoms with van der Waals surface area (Å²) in [5, 5.41) is 8.98. The number of rotatable bonds is 4. The number of carboxylic acid groups (broad SMARTS) is 1. The lowest BCUT2D eigenvalue weighted by Gasteiger charge is -2.11. The normalized spacial score (nSPS) is 11.3. The number of aromatic nitrogens is 1. The van der Waals surface area contributed by atoms with Crippen molar-refractivity contribution in [2.45, 2.75) is 12.8 Å². The lowest BCUT2D eigenvalue weighted by molar-refractivity contribution is -0.274. The zero-order valence-corrected chi connectivity index (χ0v) is 11.6. The van der Waals surface area contributed by atoms with Gasteiger partial charge in [-0.05, 0) is 23.8 Å². The van der Waals surface area contributed by atoms with E-state index in [1.54, 1.807) is 0 Å². The van der Waals surface area contributed by atoms with Gasteiger partial charge in [-0.15, -0.1) is 13.2 Å². The van der Waals surface area contributed by atoms with Gasteiger partial charge in [-0.1, -0.05) is 29.8 Å². The summed E-state index contributed by atoms with van der Waals surface area (Å²) in [6.45, 7) is 0. The standard InChI is InChI=1S/C14H9ClF3NO3/c15-11-5-4-9(7-12(20)21)13(19-11)8-2-1-3-10(6-8)22-14(16,17)18/h1-6H,7H2,(H,20,21). The zero-order chi connectivity index (χ0) is 16.3. The van der Waals surface area contributed by atoms with Crippen molar-refractivity contribution in [1.29, 1.82) is 0 Å². The Labute approximate surface area is 128 Å². The van der Waals surface area contributed by atoms with Gasteiger partial charge in [0.25, 0.3) is 0 Å². The molecule has 1 aromatic heterocycles. The van der Waals surface area contributed by atoms with Crippen LogP contribution in [0.4, 0.5) is 13.2 Å². The van der Waals surface area contributed by atoms with Crippen LogP contribution in [0.1, 0.15) is 5.56 Å². The molecule has 116 valence electrons. The van der Waals surface area contributed by atoms with Crippen LogP contribution in [-0.4, -0.2) is 22.4 Å². The minimum absolute atomic E-state index is 0.103. The Morgan fingerprint density at radius 2 is 2.00 bits per heavy atom. The molecule has 0 radical (unpaired) electrons. The first-order valence-electron chi connectivity index (χ1n) is 5.98. The van der Waals surface area contributed by atoms with Gasteiger partial charge in [-0.3, -0.25) is 4.79 Å². The molecule has 0 saturated heterocycles. The fourth-order valence-corrected chi connectivity index (χ4v) is 2.01. The second-order valence-corrected chi connectivity index (χ2v) is 4.68. The molecule has 0 amide bonds. The Balaban J connectivity index is 2.45. The van der Waals surface area contributed by atoms with Gasteiger partial charge in [-0.2, -0.15) is 0 Å². The van der Waals surface area contributed by atoms with Crippen molar-refractivity contribution in [3.05, 3.63) is 47.1 Å². The van der Waals surface area contributed by atoms with E-state index in [-0.39, 0.29) is 22.8 Å². The Kier molecular flexibility index (Phi) is 4.56. The van der Waals surface area contributed by atoms with Gasteiger partial charge in [0, 0.05) is 5.56 Å². The van der Waals surface area contributed by atoms with Crippen LogP contribution in [0.3, 0.4) is 0 Å². The van der Waals surface area contributed by atoms with Crippen LogP contribution in [0, 0.1) is 0 Å². The maximum atomic E-state index is 12.3. The van der Waals surface area contributed by atoms with E-state index in [4.69, 9.17) is 16.7 Å². The van der Waals surface area contributed by atoms with Gasteiger partial charge in [0.15, 0.2) is 0 Å². The third-order valence-corrected chi connectivity index (χ3v) is 2.84. The molecule has 0 unspecified atom stereocenters. The molecule has 4 nitrogen and oxygen atoms in total. The van der Waals surface area contributed by atoms with Gasteiger partial charge in [0.1, 0.15) is 10.9 Å². The number of carboxylic acids is 1. The lowest BCUT2D eigenvalue weighted by Crippen LogP contribution is -2.17. The molecule has 1 heterocycles. The van der Waals surface area contributed by atoms with Crippen LogP contribution in [0.2, 0.25) is 5.15 Å². The van der Waals surface area contributed by atoms with E-state index in [9.17, 15) is 18.0 Å². The number of hydrogen-bond donors (Lipinski definition) is 1. The topological polar surface area (TPSA) is 59.4 Å². The van der Waals surface area contributed by atoms with Gasteiger partial charge in [0.05, 0.1) is 12.1 Å². The number of hydrogen-bond acceptors (Lipinski definition) is 3. The minimum atomic E-state index is -4.82. The average Bonchev–Trinajstić information content (AvgIpc) is 2.38. The van der Waals surface area contributed by atoms with E-state index >= 15 is 0 Å². The smallest absolute Gasteiger partial charge is 0.481 e. The van der Waals surface area contributed by atoms with Crippen LogP contribution in [-0.2, 0) is 11.2 Å². The number of nitrogens with zero attached hydrogens (tertiary/aromatic N) is 1. The second-order valence-electron chi connectivity index (χ2n) is 4.29. The highest BCUT2D eigenvalue weighted by Gasteiger charge is 2.31. The Morgan fingerprint density at radius 3 is 2.64 bits per heavy atom. The molecule has 0 aliphatic heterocycles. The Bertz CT molecular complexity index is 704. The van der Waals surface area contributed by atoms with Gasteiger partial charge in [0.2, 0.25) is 0 Å². The molecule has 1 aromatic carbocycles.